The van der Waals surface area contributed by atoms with Crippen molar-refractivity contribution in [1.29, 1.82) is 0 Å². The van der Waals surface area contributed by atoms with Crippen molar-refractivity contribution in [2.75, 3.05) is 6.26 Å². The molecule has 1 atom stereocenters. The van der Waals surface area contributed by atoms with Gasteiger partial charge < -0.3 is 4.74 Å². The highest BCUT2D eigenvalue weighted by Crippen LogP contribution is 2.35. The van der Waals surface area contributed by atoms with Gasteiger partial charge in [-0.25, -0.2) is 8.42 Å². The first-order valence-electron chi connectivity index (χ1n) is 8.09. The van der Waals surface area contributed by atoms with E-state index in [0.29, 0.717) is 0 Å². The molecule has 0 aromatic heterocycles. The Morgan fingerprint density at radius 2 is 1.88 bits per heavy atom. The van der Waals surface area contributed by atoms with Crippen LogP contribution in [0.2, 0.25) is 0 Å². The first-order chi connectivity index (χ1) is 11.5. The summed E-state index contributed by atoms with van der Waals surface area (Å²) < 4.78 is 68.0. The minimum Gasteiger partial charge on any atom is -0.462 e. The van der Waals surface area contributed by atoms with Gasteiger partial charge in [0.25, 0.3) is 0 Å². The van der Waals surface area contributed by atoms with Gasteiger partial charge in [0.2, 0.25) is 0 Å². The van der Waals surface area contributed by atoms with Crippen molar-refractivity contribution < 1.29 is 31.1 Å². The Balaban J connectivity index is 2.17. The van der Waals surface area contributed by atoms with E-state index in [-0.39, 0.29) is 18.1 Å². The fourth-order valence-corrected chi connectivity index (χ4v) is 3.86. The molecule has 0 amide bonds. The number of benzene rings is 1. The Morgan fingerprint density at radius 1 is 1.28 bits per heavy atom. The topological polar surface area (TPSA) is 60.4 Å². The second-order valence-corrected chi connectivity index (χ2v) is 8.53. The first kappa shape index (κ1) is 19.8. The highest BCUT2D eigenvalue weighted by Gasteiger charge is 2.36. The first-order valence-corrected chi connectivity index (χ1v) is 9.98. The highest BCUT2D eigenvalue weighted by molar-refractivity contribution is 7.90. The Hall–Kier alpha value is -1.57. The third kappa shape index (κ3) is 5.20. The molecule has 140 valence electrons. The van der Waals surface area contributed by atoms with Crippen LogP contribution in [0.3, 0.4) is 0 Å². The van der Waals surface area contributed by atoms with E-state index < -0.39 is 38.4 Å². The van der Waals surface area contributed by atoms with Gasteiger partial charge in [0.1, 0.15) is 6.10 Å². The summed E-state index contributed by atoms with van der Waals surface area (Å²) in [7, 11) is -4.01. The molecule has 1 aliphatic carbocycles. The zero-order chi connectivity index (χ0) is 18.8. The van der Waals surface area contributed by atoms with Crippen LogP contribution in [0, 0.1) is 5.92 Å². The second kappa shape index (κ2) is 7.35. The SMILES string of the molecule is CC(Cc1ccc(S(C)(=O)=O)c(C(F)(F)F)c1)C(=O)OC1CCCC1. The molecule has 1 fully saturated rings. The highest BCUT2D eigenvalue weighted by atomic mass is 32.2. The van der Waals surface area contributed by atoms with E-state index in [1.54, 1.807) is 6.92 Å². The van der Waals surface area contributed by atoms with Crippen molar-refractivity contribution in [3.63, 3.8) is 0 Å². The molecule has 2 rings (SSSR count). The number of carbonyl (C=O) groups excluding carboxylic acids is 1. The molecule has 1 saturated carbocycles. The molecular weight excluding hydrogens is 357 g/mol. The van der Waals surface area contributed by atoms with Gasteiger partial charge in [0.15, 0.2) is 9.84 Å². The molecule has 4 nitrogen and oxygen atoms in total. The van der Waals surface area contributed by atoms with Crippen LogP contribution in [0.15, 0.2) is 23.1 Å². The van der Waals surface area contributed by atoms with Crippen LogP contribution in [0.25, 0.3) is 0 Å². The van der Waals surface area contributed by atoms with E-state index in [1.165, 1.54) is 6.07 Å². The molecule has 0 saturated heterocycles. The summed E-state index contributed by atoms with van der Waals surface area (Å²) in [6.45, 7) is 1.59. The number of esters is 1. The van der Waals surface area contributed by atoms with Crippen molar-refractivity contribution in [2.45, 2.75) is 56.2 Å². The van der Waals surface area contributed by atoms with Gasteiger partial charge in [-0.1, -0.05) is 13.0 Å². The summed E-state index contributed by atoms with van der Waals surface area (Å²) in [4.78, 5) is 11.3. The number of hydrogen-bond acceptors (Lipinski definition) is 4. The van der Waals surface area contributed by atoms with Crippen LogP contribution in [-0.4, -0.2) is 26.7 Å². The Morgan fingerprint density at radius 3 is 2.40 bits per heavy atom. The summed E-state index contributed by atoms with van der Waals surface area (Å²) >= 11 is 0. The maximum absolute atomic E-state index is 13.2. The van der Waals surface area contributed by atoms with Crippen LogP contribution in [0.4, 0.5) is 13.2 Å². The lowest BCUT2D eigenvalue weighted by Gasteiger charge is -2.17. The van der Waals surface area contributed by atoms with Gasteiger partial charge in [0.05, 0.1) is 16.4 Å². The maximum Gasteiger partial charge on any atom is 0.417 e. The third-order valence-corrected chi connectivity index (χ3v) is 5.43. The maximum atomic E-state index is 13.2. The van der Waals surface area contributed by atoms with E-state index in [0.717, 1.165) is 44.1 Å². The molecule has 0 radical (unpaired) electrons. The van der Waals surface area contributed by atoms with E-state index in [9.17, 15) is 26.4 Å². The largest absolute Gasteiger partial charge is 0.462 e. The zero-order valence-electron chi connectivity index (χ0n) is 14.1. The lowest BCUT2D eigenvalue weighted by molar-refractivity contribution is -0.153. The number of ether oxygens (including phenoxy) is 1. The van der Waals surface area contributed by atoms with Crippen molar-refractivity contribution >= 4 is 15.8 Å². The molecule has 8 heteroatoms. The van der Waals surface area contributed by atoms with Crippen LogP contribution < -0.4 is 0 Å². The standard InChI is InChI=1S/C17H21F3O4S/c1-11(16(21)24-13-5-3-4-6-13)9-12-7-8-15(25(2,22)23)14(10-12)17(18,19)20/h7-8,10-11,13H,3-6,9H2,1-2H3. The zero-order valence-corrected chi connectivity index (χ0v) is 14.9. The van der Waals surface area contributed by atoms with E-state index >= 15 is 0 Å². The lowest BCUT2D eigenvalue weighted by Crippen LogP contribution is -2.22. The van der Waals surface area contributed by atoms with Crippen LogP contribution >= 0.6 is 0 Å². The van der Waals surface area contributed by atoms with Gasteiger partial charge in [-0.3, -0.25) is 4.79 Å². The fraction of sp³-hybridized carbons (Fsp3) is 0.588. The van der Waals surface area contributed by atoms with E-state index in [2.05, 4.69) is 0 Å². The molecule has 0 N–H and O–H groups in total. The summed E-state index contributed by atoms with van der Waals surface area (Å²) in [6.07, 6.45) is -0.449. The second-order valence-electron chi connectivity index (χ2n) is 6.55. The summed E-state index contributed by atoms with van der Waals surface area (Å²) in [5.74, 6) is -1.04. The fourth-order valence-electron chi connectivity index (χ4n) is 2.97. The number of carbonyl (C=O) groups is 1. The Bertz CT molecular complexity index is 735. The molecule has 1 aliphatic rings. The van der Waals surface area contributed by atoms with E-state index in [4.69, 9.17) is 4.74 Å². The van der Waals surface area contributed by atoms with Gasteiger partial charge in [-0.05, 0) is 49.8 Å². The minimum atomic E-state index is -4.79. The monoisotopic (exact) mass is 378 g/mol. The van der Waals surface area contributed by atoms with Gasteiger partial charge in [0, 0.05) is 6.26 Å². The van der Waals surface area contributed by atoms with Gasteiger partial charge in [-0.15, -0.1) is 0 Å². The van der Waals surface area contributed by atoms with Gasteiger partial charge >= 0.3 is 12.1 Å². The Labute approximate surface area is 145 Å². The molecule has 0 heterocycles. The molecule has 1 unspecified atom stereocenters. The average Bonchev–Trinajstić information content (AvgIpc) is 2.98. The van der Waals surface area contributed by atoms with Crippen LogP contribution in [0.1, 0.15) is 43.7 Å². The molecule has 0 bridgehead atoms. The third-order valence-electron chi connectivity index (χ3n) is 4.28. The Kier molecular flexibility index (Phi) is 5.81. The average molecular weight is 378 g/mol. The molecule has 0 spiro atoms. The number of rotatable bonds is 5. The van der Waals surface area contributed by atoms with Crippen molar-refractivity contribution in [1.82, 2.24) is 0 Å². The summed E-state index contributed by atoms with van der Waals surface area (Å²) in [5.41, 5.74) is -0.959. The van der Waals surface area contributed by atoms with Crippen molar-refractivity contribution in [3.05, 3.63) is 29.3 Å². The number of hydrogen-bond donors (Lipinski definition) is 0. The molecule has 1 aromatic rings. The predicted molar refractivity (Wildman–Crippen MR) is 85.8 cm³/mol. The summed E-state index contributed by atoms with van der Waals surface area (Å²) in [5, 5.41) is 0. The smallest absolute Gasteiger partial charge is 0.417 e. The van der Waals surface area contributed by atoms with E-state index in [1.807, 2.05) is 0 Å². The quantitative estimate of drug-likeness (QED) is 0.732. The normalized spacial score (nSPS) is 17.5. The molecule has 25 heavy (non-hydrogen) atoms. The predicted octanol–water partition coefficient (Wildman–Crippen LogP) is 3.77. The van der Waals surface area contributed by atoms with Crippen molar-refractivity contribution in [3.8, 4) is 0 Å². The van der Waals surface area contributed by atoms with Crippen molar-refractivity contribution in [2.24, 2.45) is 5.92 Å². The molecule has 1 aromatic carbocycles. The van der Waals surface area contributed by atoms with Gasteiger partial charge in [-0.2, -0.15) is 13.2 Å². The van der Waals surface area contributed by atoms with Crippen LogP contribution in [-0.2, 0) is 32.0 Å². The number of alkyl halides is 3. The molecule has 0 aliphatic heterocycles. The number of halogens is 3. The number of sulfone groups is 1. The summed E-state index contributed by atoms with van der Waals surface area (Å²) in [6, 6.07) is 3.06. The minimum absolute atomic E-state index is 0.0542. The molecular formula is C17H21F3O4S. The van der Waals surface area contributed by atoms with Crippen LogP contribution in [0.5, 0.6) is 0 Å². The lowest BCUT2D eigenvalue weighted by atomic mass is 9.99.